The third-order valence-corrected chi connectivity index (χ3v) is 1.98. The van der Waals surface area contributed by atoms with Crippen molar-refractivity contribution in [3.63, 3.8) is 0 Å². The standard InChI is InChI=1S/C11H10BN3/c1-8-2-4-10(5-3-8)15-11-13-6-9(12)7-14-11/h2-7H,1H3,(H,13,14,15). The van der Waals surface area contributed by atoms with Gasteiger partial charge in [-0.3, -0.25) is 0 Å². The van der Waals surface area contributed by atoms with E-state index in [2.05, 4.69) is 15.3 Å². The maximum Gasteiger partial charge on any atom is 0.227 e. The van der Waals surface area contributed by atoms with Gasteiger partial charge in [-0.05, 0) is 19.1 Å². The lowest BCUT2D eigenvalue weighted by molar-refractivity contribution is 1.18. The van der Waals surface area contributed by atoms with Crippen molar-refractivity contribution < 1.29 is 0 Å². The zero-order valence-electron chi connectivity index (χ0n) is 8.44. The second kappa shape index (κ2) is 4.13. The maximum atomic E-state index is 5.49. The van der Waals surface area contributed by atoms with Gasteiger partial charge in [-0.25, -0.2) is 9.97 Å². The Bertz CT molecular complexity index is 393. The van der Waals surface area contributed by atoms with E-state index in [-0.39, 0.29) is 0 Å². The van der Waals surface area contributed by atoms with Crippen LogP contribution in [0.15, 0.2) is 36.7 Å². The summed E-state index contributed by atoms with van der Waals surface area (Å²) in [6, 6.07) is 8.02. The molecule has 0 unspecified atom stereocenters. The van der Waals surface area contributed by atoms with Gasteiger partial charge in [0.05, 0.1) is 0 Å². The molecule has 1 heterocycles. The summed E-state index contributed by atoms with van der Waals surface area (Å²) in [5, 5.41) is 3.08. The predicted octanol–water partition coefficient (Wildman–Crippen LogP) is 1.32. The van der Waals surface area contributed by atoms with Crippen LogP contribution in [0, 0.1) is 6.92 Å². The number of anilines is 2. The van der Waals surface area contributed by atoms with E-state index in [1.165, 1.54) is 5.56 Å². The van der Waals surface area contributed by atoms with E-state index < -0.39 is 0 Å². The molecule has 0 aliphatic rings. The fourth-order valence-corrected chi connectivity index (χ4v) is 1.17. The molecular formula is C11H10BN3. The summed E-state index contributed by atoms with van der Waals surface area (Å²) in [5.74, 6) is 0.549. The van der Waals surface area contributed by atoms with Crippen molar-refractivity contribution in [2.75, 3.05) is 5.32 Å². The van der Waals surface area contributed by atoms with Crippen LogP contribution >= 0.6 is 0 Å². The van der Waals surface area contributed by atoms with Gasteiger partial charge < -0.3 is 5.32 Å². The number of benzene rings is 1. The van der Waals surface area contributed by atoms with E-state index in [1.807, 2.05) is 31.2 Å². The Labute approximate surface area is 90.0 Å². The highest BCUT2D eigenvalue weighted by Gasteiger charge is 1.95. The molecule has 2 radical (unpaired) electrons. The molecule has 3 nitrogen and oxygen atoms in total. The topological polar surface area (TPSA) is 37.8 Å². The van der Waals surface area contributed by atoms with Gasteiger partial charge in [-0.15, -0.1) is 0 Å². The summed E-state index contributed by atoms with van der Waals surface area (Å²) in [5.41, 5.74) is 2.74. The molecule has 0 amide bonds. The van der Waals surface area contributed by atoms with Gasteiger partial charge in [0.25, 0.3) is 0 Å². The molecule has 4 heteroatoms. The highest BCUT2D eigenvalue weighted by atomic mass is 15.1. The zero-order chi connectivity index (χ0) is 10.7. The van der Waals surface area contributed by atoms with E-state index in [0.717, 1.165) is 5.69 Å². The molecule has 1 N–H and O–H groups in total. The van der Waals surface area contributed by atoms with E-state index in [0.29, 0.717) is 11.4 Å². The molecule has 2 rings (SSSR count). The van der Waals surface area contributed by atoms with Gasteiger partial charge in [0.2, 0.25) is 5.95 Å². The zero-order valence-corrected chi connectivity index (χ0v) is 8.44. The van der Waals surface area contributed by atoms with Crippen molar-refractivity contribution in [3.05, 3.63) is 42.2 Å². The second-order valence-electron chi connectivity index (χ2n) is 3.33. The summed E-state index contributed by atoms with van der Waals surface area (Å²) >= 11 is 0. The molecule has 0 fully saturated rings. The first kappa shape index (κ1) is 9.71. The first-order valence-electron chi connectivity index (χ1n) is 4.65. The van der Waals surface area contributed by atoms with Gasteiger partial charge in [-0.2, -0.15) is 0 Å². The normalized spacial score (nSPS) is 9.93. The Kier molecular flexibility index (Phi) is 2.67. The largest absolute Gasteiger partial charge is 0.324 e. The second-order valence-corrected chi connectivity index (χ2v) is 3.33. The number of nitrogens with one attached hydrogen (secondary N) is 1. The summed E-state index contributed by atoms with van der Waals surface area (Å²) in [6.07, 6.45) is 3.15. The fraction of sp³-hybridized carbons (Fsp3) is 0.0909. The number of hydrogen-bond acceptors (Lipinski definition) is 3. The van der Waals surface area contributed by atoms with Crippen LogP contribution in [-0.4, -0.2) is 17.8 Å². The van der Waals surface area contributed by atoms with Gasteiger partial charge in [0, 0.05) is 18.1 Å². The van der Waals surface area contributed by atoms with Crippen LogP contribution in [-0.2, 0) is 0 Å². The minimum Gasteiger partial charge on any atom is -0.324 e. The van der Waals surface area contributed by atoms with Gasteiger partial charge in [-0.1, -0.05) is 23.2 Å². The van der Waals surface area contributed by atoms with Crippen molar-refractivity contribution in [1.82, 2.24) is 9.97 Å². The minimum absolute atomic E-state index is 0.549. The van der Waals surface area contributed by atoms with Crippen molar-refractivity contribution in [2.24, 2.45) is 0 Å². The average molecular weight is 195 g/mol. The Hall–Kier alpha value is -1.84. The van der Waals surface area contributed by atoms with Crippen LogP contribution in [0.1, 0.15) is 5.56 Å². The number of hydrogen-bond donors (Lipinski definition) is 1. The molecule has 15 heavy (non-hydrogen) atoms. The van der Waals surface area contributed by atoms with Crippen molar-refractivity contribution in [2.45, 2.75) is 6.92 Å². The number of aryl methyl sites for hydroxylation is 1. The monoisotopic (exact) mass is 195 g/mol. The van der Waals surface area contributed by atoms with E-state index in [9.17, 15) is 0 Å². The third-order valence-electron chi connectivity index (χ3n) is 1.98. The Morgan fingerprint density at radius 3 is 2.27 bits per heavy atom. The molecule has 0 bridgehead atoms. The Morgan fingerprint density at radius 1 is 1.07 bits per heavy atom. The molecule has 0 atom stereocenters. The maximum absolute atomic E-state index is 5.49. The summed E-state index contributed by atoms with van der Waals surface area (Å²) in [7, 11) is 5.49. The van der Waals surface area contributed by atoms with Crippen LogP contribution in [0.4, 0.5) is 11.6 Å². The number of nitrogens with zero attached hydrogens (tertiary/aromatic N) is 2. The van der Waals surface area contributed by atoms with Gasteiger partial charge >= 0.3 is 0 Å². The van der Waals surface area contributed by atoms with Crippen LogP contribution in [0.2, 0.25) is 0 Å². The molecular weight excluding hydrogens is 185 g/mol. The van der Waals surface area contributed by atoms with Crippen molar-refractivity contribution >= 4 is 24.9 Å². The molecule has 1 aromatic heterocycles. The van der Waals surface area contributed by atoms with Crippen LogP contribution in [0.25, 0.3) is 0 Å². The first-order valence-corrected chi connectivity index (χ1v) is 4.65. The van der Waals surface area contributed by atoms with Gasteiger partial charge in [0.15, 0.2) is 0 Å². The lowest BCUT2D eigenvalue weighted by atomic mass is 10.0. The number of aromatic nitrogens is 2. The Balaban J connectivity index is 2.15. The highest BCUT2D eigenvalue weighted by Crippen LogP contribution is 2.12. The van der Waals surface area contributed by atoms with Crippen LogP contribution < -0.4 is 10.8 Å². The molecule has 0 saturated heterocycles. The van der Waals surface area contributed by atoms with Crippen molar-refractivity contribution in [1.29, 1.82) is 0 Å². The third kappa shape index (κ3) is 2.56. The van der Waals surface area contributed by atoms with Crippen molar-refractivity contribution in [3.8, 4) is 0 Å². The molecule has 0 aliphatic heterocycles. The van der Waals surface area contributed by atoms with E-state index in [1.54, 1.807) is 12.4 Å². The lowest BCUT2D eigenvalue weighted by Gasteiger charge is -2.04. The summed E-state index contributed by atoms with van der Waals surface area (Å²) in [4.78, 5) is 8.10. The van der Waals surface area contributed by atoms with Crippen LogP contribution in [0.3, 0.4) is 0 Å². The van der Waals surface area contributed by atoms with E-state index in [4.69, 9.17) is 7.85 Å². The summed E-state index contributed by atoms with van der Waals surface area (Å²) < 4.78 is 0. The van der Waals surface area contributed by atoms with Crippen LogP contribution in [0.5, 0.6) is 0 Å². The molecule has 0 aliphatic carbocycles. The SMILES string of the molecule is [B]c1cnc(Nc2ccc(C)cc2)nc1. The minimum atomic E-state index is 0.549. The highest BCUT2D eigenvalue weighted by molar-refractivity contribution is 6.31. The average Bonchev–Trinajstić information content (AvgIpc) is 2.25. The molecule has 2 aromatic rings. The smallest absolute Gasteiger partial charge is 0.227 e. The Morgan fingerprint density at radius 2 is 1.67 bits per heavy atom. The molecule has 1 aromatic carbocycles. The van der Waals surface area contributed by atoms with E-state index >= 15 is 0 Å². The van der Waals surface area contributed by atoms with Gasteiger partial charge in [0.1, 0.15) is 7.85 Å². The summed E-state index contributed by atoms with van der Waals surface area (Å²) in [6.45, 7) is 2.05. The molecule has 72 valence electrons. The fourth-order valence-electron chi connectivity index (χ4n) is 1.17. The number of rotatable bonds is 2. The quantitative estimate of drug-likeness (QED) is 0.734. The molecule has 0 saturated carbocycles. The molecule has 0 spiro atoms. The predicted molar refractivity (Wildman–Crippen MR) is 61.9 cm³/mol. The lowest BCUT2D eigenvalue weighted by Crippen LogP contribution is -2.06. The first-order chi connectivity index (χ1) is 7.24.